The Balaban J connectivity index is 2.01. The van der Waals surface area contributed by atoms with Crippen molar-refractivity contribution in [1.82, 2.24) is 0 Å². The van der Waals surface area contributed by atoms with Crippen molar-refractivity contribution < 1.29 is 19.0 Å². The first-order chi connectivity index (χ1) is 13.5. The third kappa shape index (κ3) is 3.57. The molecule has 4 N–H and O–H groups in total. The van der Waals surface area contributed by atoms with E-state index in [0.29, 0.717) is 39.8 Å². The Hall–Kier alpha value is -3.67. The van der Waals surface area contributed by atoms with Gasteiger partial charge in [0.05, 0.1) is 21.3 Å². The van der Waals surface area contributed by atoms with E-state index in [0.717, 1.165) is 11.1 Å². The quantitative estimate of drug-likeness (QED) is 0.501. The van der Waals surface area contributed by atoms with Crippen LogP contribution in [0, 0.1) is 0 Å². The average molecular weight is 378 g/mol. The van der Waals surface area contributed by atoms with Crippen molar-refractivity contribution in [2.45, 2.75) is 0 Å². The van der Waals surface area contributed by atoms with Crippen LogP contribution in [0.2, 0.25) is 0 Å². The number of nitrogen functional groups attached to an aromatic ring is 2. The van der Waals surface area contributed by atoms with E-state index in [1.165, 1.54) is 21.3 Å². The van der Waals surface area contributed by atoms with Crippen LogP contribution in [0.4, 0.5) is 11.4 Å². The van der Waals surface area contributed by atoms with Crippen LogP contribution >= 0.6 is 0 Å². The van der Waals surface area contributed by atoms with Crippen LogP contribution in [0.3, 0.4) is 0 Å². The smallest absolute Gasteiger partial charge is 0.203 e. The number of hydrogen-bond acceptors (Lipinski definition) is 6. The molecule has 3 aromatic carbocycles. The molecule has 0 aromatic heterocycles. The highest BCUT2D eigenvalue weighted by atomic mass is 16.5. The average Bonchev–Trinajstić information content (AvgIpc) is 2.72. The van der Waals surface area contributed by atoms with Crippen molar-refractivity contribution in [1.29, 1.82) is 0 Å². The second-order valence-electron chi connectivity index (χ2n) is 6.17. The molecule has 28 heavy (non-hydrogen) atoms. The molecule has 0 aliphatic carbocycles. The molecule has 0 saturated heterocycles. The predicted octanol–water partition coefficient (Wildman–Crippen LogP) is 3.77. The standard InChI is InChI=1S/C22H22N2O4/c1-26-19-11-15(12-20(27-2)22(19)28-3)21(25)17-8-7-14(10-18(17)24)13-5-4-6-16(23)9-13/h4-12H,23-24H2,1-3H3. The SMILES string of the molecule is COc1cc(C(=O)c2ccc(-c3cccc(N)c3)cc2N)cc(OC)c1OC. The first-order valence-electron chi connectivity index (χ1n) is 8.58. The van der Waals surface area contributed by atoms with E-state index in [2.05, 4.69) is 0 Å². The van der Waals surface area contributed by atoms with Crippen molar-refractivity contribution in [3.8, 4) is 28.4 Å². The minimum atomic E-state index is -0.240. The Morgan fingerprint density at radius 3 is 1.96 bits per heavy atom. The third-order valence-electron chi connectivity index (χ3n) is 4.44. The first kappa shape index (κ1) is 19.1. The third-order valence-corrected chi connectivity index (χ3v) is 4.44. The normalized spacial score (nSPS) is 10.4. The zero-order valence-corrected chi connectivity index (χ0v) is 16.0. The van der Waals surface area contributed by atoms with Crippen molar-refractivity contribution >= 4 is 17.2 Å². The Morgan fingerprint density at radius 2 is 1.43 bits per heavy atom. The molecular formula is C22H22N2O4. The highest BCUT2D eigenvalue weighted by Crippen LogP contribution is 2.39. The number of ether oxygens (including phenoxy) is 3. The van der Waals surface area contributed by atoms with E-state index >= 15 is 0 Å². The number of carbonyl (C=O) groups excluding carboxylic acids is 1. The lowest BCUT2D eigenvalue weighted by Gasteiger charge is -2.14. The van der Waals surface area contributed by atoms with E-state index < -0.39 is 0 Å². The van der Waals surface area contributed by atoms with E-state index in [4.69, 9.17) is 25.7 Å². The van der Waals surface area contributed by atoms with Crippen LogP contribution in [0.15, 0.2) is 54.6 Å². The van der Waals surface area contributed by atoms with Gasteiger partial charge in [-0.25, -0.2) is 0 Å². The summed E-state index contributed by atoms with van der Waals surface area (Å²) in [5, 5.41) is 0. The Kier molecular flexibility index (Phi) is 5.40. The summed E-state index contributed by atoms with van der Waals surface area (Å²) >= 11 is 0. The Bertz CT molecular complexity index is 1010. The van der Waals surface area contributed by atoms with Crippen LogP contribution < -0.4 is 25.7 Å². The molecule has 0 atom stereocenters. The molecule has 0 aliphatic rings. The fourth-order valence-corrected chi connectivity index (χ4v) is 3.03. The summed E-state index contributed by atoms with van der Waals surface area (Å²) < 4.78 is 15.9. The van der Waals surface area contributed by atoms with Gasteiger partial charge < -0.3 is 25.7 Å². The summed E-state index contributed by atoms with van der Waals surface area (Å²) in [6, 6.07) is 16.0. The van der Waals surface area contributed by atoms with Gasteiger partial charge in [-0.15, -0.1) is 0 Å². The molecule has 6 heteroatoms. The summed E-state index contributed by atoms with van der Waals surface area (Å²) in [5.74, 6) is 0.989. The summed E-state index contributed by atoms with van der Waals surface area (Å²) in [4.78, 5) is 13.1. The maximum absolute atomic E-state index is 13.1. The number of ketones is 1. The zero-order valence-electron chi connectivity index (χ0n) is 16.0. The molecule has 0 bridgehead atoms. The topological polar surface area (TPSA) is 96.8 Å². The summed E-state index contributed by atoms with van der Waals surface area (Å²) in [5.41, 5.74) is 15.7. The van der Waals surface area contributed by atoms with Gasteiger partial charge in [0.2, 0.25) is 5.75 Å². The first-order valence-corrected chi connectivity index (χ1v) is 8.58. The fraction of sp³-hybridized carbons (Fsp3) is 0.136. The number of anilines is 2. The van der Waals surface area contributed by atoms with Crippen molar-refractivity contribution in [2.24, 2.45) is 0 Å². The molecule has 0 unspecified atom stereocenters. The number of nitrogens with two attached hydrogens (primary N) is 2. The fourth-order valence-electron chi connectivity index (χ4n) is 3.03. The molecular weight excluding hydrogens is 356 g/mol. The minimum Gasteiger partial charge on any atom is -0.493 e. The van der Waals surface area contributed by atoms with E-state index in [9.17, 15) is 4.79 Å². The maximum Gasteiger partial charge on any atom is 0.203 e. The highest BCUT2D eigenvalue weighted by Gasteiger charge is 2.19. The minimum absolute atomic E-state index is 0.240. The lowest BCUT2D eigenvalue weighted by Crippen LogP contribution is -2.07. The van der Waals surface area contributed by atoms with Gasteiger partial charge in [0.25, 0.3) is 0 Å². The van der Waals surface area contributed by atoms with Gasteiger partial charge in [0, 0.05) is 22.5 Å². The summed E-state index contributed by atoms with van der Waals surface area (Å²) in [7, 11) is 4.51. The molecule has 0 spiro atoms. The second-order valence-corrected chi connectivity index (χ2v) is 6.17. The molecule has 0 saturated carbocycles. The van der Waals surface area contributed by atoms with Crippen molar-refractivity contribution in [3.63, 3.8) is 0 Å². The summed E-state index contributed by atoms with van der Waals surface area (Å²) in [6.45, 7) is 0. The summed E-state index contributed by atoms with van der Waals surface area (Å²) in [6.07, 6.45) is 0. The van der Waals surface area contributed by atoms with Gasteiger partial charge in [0.15, 0.2) is 17.3 Å². The molecule has 0 amide bonds. The van der Waals surface area contributed by atoms with Crippen LogP contribution in [0.5, 0.6) is 17.2 Å². The largest absolute Gasteiger partial charge is 0.493 e. The Labute approximate surface area is 163 Å². The second kappa shape index (κ2) is 7.92. The monoisotopic (exact) mass is 378 g/mol. The molecule has 144 valence electrons. The number of benzene rings is 3. The van der Waals surface area contributed by atoms with Gasteiger partial charge >= 0.3 is 0 Å². The van der Waals surface area contributed by atoms with Crippen molar-refractivity contribution in [2.75, 3.05) is 32.8 Å². The van der Waals surface area contributed by atoms with E-state index in [1.54, 1.807) is 24.3 Å². The molecule has 3 rings (SSSR count). The van der Waals surface area contributed by atoms with Crippen molar-refractivity contribution in [3.05, 3.63) is 65.7 Å². The molecule has 6 nitrogen and oxygen atoms in total. The predicted molar refractivity (Wildman–Crippen MR) is 110 cm³/mol. The Morgan fingerprint density at radius 1 is 0.786 bits per heavy atom. The zero-order chi connectivity index (χ0) is 20.3. The molecule has 0 radical (unpaired) electrons. The number of methoxy groups -OCH3 is 3. The van der Waals surface area contributed by atoms with Gasteiger partial charge in [-0.3, -0.25) is 4.79 Å². The van der Waals surface area contributed by atoms with Gasteiger partial charge in [-0.1, -0.05) is 18.2 Å². The van der Waals surface area contributed by atoms with E-state index in [1.807, 2.05) is 30.3 Å². The lowest BCUT2D eigenvalue weighted by atomic mass is 9.97. The van der Waals surface area contributed by atoms with Gasteiger partial charge in [0.1, 0.15) is 0 Å². The van der Waals surface area contributed by atoms with Crippen LogP contribution in [0.25, 0.3) is 11.1 Å². The lowest BCUT2D eigenvalue weighted by molar-refractivity contribution is 0.103. The molecule has 3 aromatic rings. The van der Waals surface area contributed by atoms with Crippen LogP contribution in [0.1, 0.15) is 15.9 Å². The van der Waals surface area contributed by atoms with Gasteiger partial charge in [-0.05, 0) is 47.5 Å². The molecule has 0 heterocycles. The molecule has 0 aliphatic heterocycles. The molecule has 0 fully saturated rings. The number of rotatable bonds is 6. The maximum atomic E-state index is 13.1. The van der Waals surface area contributed by atoms with Crippen LogP contribution in [-0.2, 0) is 0 Å². The number of carbonyl (C=O) groups is 1. The van der Waals surface area contributed by atoms with Crippen LogP contribution in [-0.4, -0.2) is 27.1 Å². The van der Waals surface area contributed by atoms with E-state index in [-0.39, 0.29) is 5.78 Å². The highest BCUT2D eigenvalue weighted by molar-refractivity contribution is 6.13. The number of hydrogen-bond donors (Lipinski definition) is 2. The van der Waals surface area contributed by atoms with Gasteiger partial charge in [-0.2, -0.15) is 0 Å².